The van der Waals surface area contributed by atoms with Gasteiger partial charge >= 0.3 is 0 Å². The van der Waals surface area contributed by atoms with Crippen molar-refractivity contribution in [3.63, 3.8) is 0 Å². The zero-order valence-corrected chi connectivity index (χ0v) is 40.5. The molecular weight excluding hydrogens is 742 g/mol. The fraction of sp³-hybridized carbons (Fsp3) is 0.300. The topological polar surface area (TPSA) is 0 Å². The van der Waals surface area contributed by atoms with E-state index in [1.54, 1.807) is 0 Å². The summed E-state index contributed by atoms with van der Waals surface area (Å²) < 4.78 is 0. The van der Waals surface area contributed by atoms with Gasteiger partial charge in [-0.15, -0.1) is 0 Å². The van der Waals surface area contributed by atoms with Gasteiger partial charge in [0.25, 0.3) is 0 Å². The molecule has 0 saturated carbocycles. The van der Waals surface area contributed by atoms with Crippen molar-refractivity contribution in [1.82, 2.24) is 0 Å². The van der Waals surface area contributed by atoms with Crippen LogP contribution in [0.4, 0.5) is 0 Å². The van der Waals surface area contributed by atoms with Crippen LogP contribution in [0.1, 0.15) is 111 Å². The van der Waals surface area contributed by atoms with Gasteiger partial charge in [0.1, 0.15) is 0 Å². The molecule has 7 aromatic carbocycles. The average molecular weight is 807 g/mol. The molecule has 0 N–H and O–H groups in total. The maximum absolute atomic E-state index is 2.47. The van der Waals surface area contributed by atoms with Crippen LogP contribution in [0.5, 0.6) is 0 Å². The Morgan fingerprint density at radius 1 is 0.290 bits per heavy atom. The minimum Gasteiger partial charge on any atom is -0.0629 e. The first-order chi connectivity index (χ1) is 29.4. The van der Waals surface area contributed by atoms with Gasteiger partial charge in [0.2, 0.25) is 13.4 Å². The number of hydrogen-bond acceptors (Lipinski definition) is 0. The molecule has 0 atom stereocenters. The summed E-state index contributed by atoms with van der Waals surface area (Å²) in [4.78, 5) is 0. The summed E-state index contributed by atoms with van der Waals surface area (Å²) in [5, 5.41) is 0. The second kappa shape index (κ2) is 15.2. The third-order valence-corrected chi connectivity index (χ3v) is 15.6. The van der Waals surface area contributed by atoms with Crippen molar-refractivity contribution >= 4 is 46.2 Å². The lowest BCUT2D eigenvalue weighted by Crippen LogP contribution is -2.60. The van der Waals surface area contributed by atoms with Crippen LogP contribution < -0.4 is 32.8 Å². The predicted octanol–water partition coefficient (Wildman–Crippen LogP) is 10.8. The zero-order valence-electron chi connectivity index (χ0n) is 40.5. The van der Waals surface area contributed by atoms with Gasteiger partial charge in [-0.1, -0.05) is 172 Å². The molecule has 0 nitrogen and oxygen atoms in total. The summed E-state index contributed by atoms with van der Waals surface area (Å²) in [5.74, 6) is 0. The Hall–Kier alpha value is -5.33. The van der Waals surface area contributed by atoms with Crippen molar-refractivity contribution in [1.29, 1.82) is 0 Å². The van der Waals surface area contributed by atoms with Crippen LogP contribution in [-0.4, -0.2) is 13.4 Å². The smallest absolute Gasteiger partial charge is 0.0629 e. The van der Waals surface area contributed by atoms with E-state index in [1.165, 1.54) is 166 Å². The van der Waals surface area contributed by atoms with E-state index >= 15 is 0 Å². The number of rotatable bonds is 4. The molecule has 9 rings (SSSR count). The largest absolute Gasteiger partial charge is 0.243 e. The lowest BCUT2D eigenvalue weighted by Gasteiger charge is -2.35. The summed E-state index contributed by atoms with van der Waals surface area (Å²) in [5.41, 5.74) is 42.9. The quantitative estimate of drug-likeness (QED) is 0.155. The molecule has 0 amide bonds. The summed E-state index contributed by atoms with van der Waals surface area (Å²) in [6.45, 7) is 37.8. The van der Waals surface area contributed by atoms with Crippen molar-refractivity contribution in [2.45, 2.75) is 124 Å². The summed E-state index contributed by atoms with van der Waals surface area (Å²) in [7, 11) is 0. The summed E-state index contributed by atoms with van der Waals surface area (Å²) >= 11 is 0. The summed E-state index contributed by atoms with van der Waals surface area (Å²) in [6.07, 6.45) is 1.95. The Morgan fingerprint density at radius 2 is 0.565 bits per heavy atom. The average Bonchev–Trinajstić information content (AvgIpc) is 3.18. The maximum Gasteiger partial charge on any atom is 0.243 e. The van der Waals surface area contributed by atoms with Crippen LogP contribution in [0.2, 0.25) is 0 Å². The molecule has 0 fully saturated rings. The highest BCUT2D eigenvalue weighted by Gasteiger charge is 2.39. The monoisotopic (exact) mass is 807 g/mol. The van der Waals surface area contributed by atoms with Gasteiger partial charge in [0.05, 0.1) is 0 Å². The van der Waals surface area contributed by atoms with Gasteiger partial charge in [0, 0.05) is 0 Å². The van der Waals surface area contributed by atoms with Crippen LogP contribution in [0.15, 0.2) is 72.8 Å². The van der Waals surface area contributed by atoms with Gasteiger partial charge in [-0.05, 0) is 190 Å². The second-order valence-corrected chi connectivity index (χ2v) is 20.0. The van der Waals surface area contributed by atoms with E-state index in [0.717, 1.165) is 12.8 Å². The van der Waals surface area contributed by atoms with E-state index in [4.69, 9.17) is 0 Å². The molecule has 7 aromatic rings. The van der Waals surface area contributed by atoms with Crippen molar-refractivity contribution in [3.05, 3.63) is 184 Å². The van der Waals surface area contributed by atoms with E-state index in [1.807, 2.05) is 0 Å². The molecule has 2 heteroatoms. The van der Waals surface area contributed by atoms with E-state index in [0.29, 0.717) is 0 Å². The molecule has 310 valence electrons. The first-order valence-corrected chi connectivity index (χ1v) is 23.1. The van der Waals surface area contributed by atoms with Crippen molar-refractivity contribution < 1.29 is 0 Å². The SMILES string of the molecule is Cc1cc(C)c(B2c3c(C)cc(C)cc3Cc3c(C)c(-c4ccc(-c5c(C)c(C)c6c(c5C)Cc5cc(C)cc(C)c5B6c5c(C)cc(C)cc5C)cc4)c(C)c(C)c32)c(C)c1. The van der Waals surface area contributed by atoms with Crippen molar-refractivity contribution in [2.24, 2.45) is 0 Å². The molecule has 0 spiro atoms. The Bertz CT molecular complexity index is 2760. The summed E-state index contributed by atoms with van der Waals surface area (Å²) in [6, 6.07) is 29.0. The van der Waals surface area contributed by atoms with Crippen LogP contribution in [0.3, 0.4) is 0 Å². The van der Waals surface area contributed by atoms with Gasteiger partial charge in [-0.3, -0.25) is 0 Å². The fourth-order valence-corrected chi connectivity index (χ4v) is 13.2. The Balaban J connectivity index is 1.19. The third kappa shape index (κ3) is 6.42. The highest BCUT2D eigenvalue weighted by atomic mass is 14.3. The lowest BCUT2D eigenvalue weighted by atomic mass is 9.31. The molecule has 0 radical (unpaired) electrons. The van der Waals surface area contributed by atoms with Crippen molar-refractivity contribution in [2.75, 3.05) is 0 Å². The predicted molar refractivity (Wildman–Crippen MR) is 274 cm³/mol. The number of hydrogen-bond donors (Lipinski definition) is 0. The second-order valence-electron chi connectivity index (χ2n) is 20.0. The molecule has 0 aliphatic carbocycles. The van der Waals surface area contributed by atoms with Gasteiger partial charge in [-0.2, -0.15) is 0 Å². The Kier molecular flexibility index (Phi) is 10.3. The number of benzene rings is 7. The normalized spacial score (nSPS) is 13.0. The molecule has 2 heterocycles. The van der Waals surface area contributed by atoms with E-state index in [9.17, 15) is 0 Å². The molecule has 0 bridgehead atoms. The first-order valence-electron chi connectivity index (χ1n) is 23.1. The molecular formula is C60H64B2. The number of fused-ring (bicyclic) bond motifs is 4. The van der Waals surface area contributed by atoms with E-state index in [-0.39, 0.29) is 13.4 Å². The minimum atomic E-state index is 0.222. The van der Waals surface area contributed by atoms with Crippen LogP contribution in [0, 0.1) is 111 Å². The maximum atomic E-state index is 2.47. The standard InChI is InChI=1S/C60H64B2/c1-31-21-35(5)55(36(6)22-31)61-57-39(9)25-33(3)27-49(57)29-51-45(15)53(41(11)43(13)59(51)61)47-17-19-48(20-18-47)54-42(12)44(14)60-52(46(54)16)30-50-28-34(4)26-40(10)58(50)62(60)56-37(7)23-32(2)24-38(56)8/h17-28H,29-30H2,1-16H3. The molecule has 2 aliphatic heterocycles. The van der Waals surface area contributed by atoms with E-state index < -0.39 is 0 Å². The molecule has 2 aliphatic rings. The van der Waals surface area contributed by atoms with Crippen molar-refractivity contribution in [3.8, 4) is 22.3 Å². The zero-order chi connectivity index (χ0) is 44.4. The first kappa shape index (κ1) is 42.0. The van der Waals surface area contributed by atoms with Crippen LogP contribution in [-0.2, 0) is 12.8 Å². The Labute approximate surface area is 374 Å². The van der Waals surface area contributed by atoms with Crippen LogP contribution >= 0.6 is 0 Å². The minimum absolute atomic E-state index is 0.222. The molecule has 0 aromatic heterocycles. The highest BCUT2D eigenvalue weighted by molar-refractivity contribution is 6.98. The molecule has 0 unspecified atom stereocenters. The molecule has 0 saturated heterocycles. The lowest BCUT2D eigenvalue weighted by molar-refractivity contribution is 1.13. The van der Waals surface area contributed by atoms with E-state index in [2.05, 4.69) is 184 Å². The van der Waals surface area contributed by atoms with Gasteiger partial charge in [0.15, 0.2) is 0 Å². The third-order valence-electron chi connectivity index (χ3n) is 15.6. The molecule has 62 heavy (non-hydrogen) atoms. The van der Waals surface area contributed by atoms with Gasteiger partial charge < -0.3 is 0 Å². The fourth-order valence-electron chi connectivity index (χ4n) is 13.2. The number of aryl methyl sites for hydroxylation is 10. The van der Waals surface area contributed by atoms with Crippen LogP contribution in [0.25, 0.3) is 22.3 Å². The van der Waals surface area contributed by atoms with Gasteiger partial charge in [-0.25, -0.2) is 0 Å². The highest BCUT2D eigenvalue weighted by Crippen LogP contribution is 2.38. The Morgan fingerprint density at radius 3 is 0.871 bits per heavy atom.